The lowest BCUT2D eigenvalue weighted by Crippen LogP contribution is -2.26. The Labute approximate surface area is 262 Å². The lowest BCUT2D eigenvalue weighted by Gasteiger charge is -2.32. The first-order valence-electron chi connectivity index (χ1n) is 15.8. The molecule has 45 heavy (non-hydrogen) atoms. The maximum Gasteiger partial charge on any atom is 0.0731 e. The summed E-state index contributed by atoms with van der Waals surface area (Å²) < 4.78 is 0. The third-order valence-corrected chi connectivity index (χ3v) is 10.3. The van der Waals surface area contributed by atoms with Crippen LogP contribution in [0.2, 0.25) is 0 Å². The van der Waals surface area contributed by atoms with Crippen molar-refractivity contribution in [2.24, 2.45) is 0 Å². The molecule has 208 valence electrons. The van der Waals surface area contributed by atoms with E-state index in [-0.39, 0.29) is 0 Å². The summed E-state index contributed by atoms with van der Waals surface area (Å²) >= 11 is 0. The monoisotopic (exact) mass is 568 g/mol. The fourth-order valence-electron chi connectivity index (χ4n) is 8.48. The van der Waals surface area contributed by atoms with Crippen LogP contribution in [0, 0.1) is 0 Å². The van der Waals surface area contributed by atoms with Crippen molar-refractivity contribution in [3.8, 4) is 44.5 Å². The Morgan fingerprint density at radius 2 is 0.822 bits per heavy atom. The number of benzene rings is 8. The predicted molar refractivity (Wildman–Crippen MR) is 189 cm³/mol. The Bertz CT molecular complexity index is 2420. The van der Waals surface area contributed by atoms with E-state index in [9.17, 15) is 0 Å². The van der Waals surface area contributed by atoms with Crippen molar-refractivity contribution >= 4 is 21.5 Å². The molecule has 8 aromatic carbocycles. The molecule has 0 heterocycles. The number of fused-ring (bicyclic) bond motifs is 15. The summed E-state index contributed by atoms with van der Waals surface area (Å²) in [6.45, 7) is 0. The van der Waals surface area contributed by atoms with E-state index in [2.05, 4.69) is 170 Å². The van der Waals surface area contributed by atoms with E-state index in [0.29, 0.717) is 0 Å². The summed E-state index contributed by atoms with van der Waals surface area (Å²) in [5.41, 5.74) is 15.5. The highest BCUT2D eigenvalue weighted by Gasteiger charge is 2.53. The zero-order valence-corrected chi connectivity index (χ0v) is 24.7. The van der Waals surface area contributed by atoms with Gasteiger partial charge in [-0.3, -0.25) is 0 Å². The van der Waals surface area contributed by atoms with Gasteiger partial charge in [0.2, 0.25) is 0 Å². The van der Waals surface area contributed by atoms with E-state index in [1.54, 1.807) is 0 Å². The molecule has 2 aliphatic rings. The van der Waals surface area contributed by atoms with Gasteiger partial charge in [-0.1, -0.05) is 158 Å². The van der Waals surface area contributed by atoms with Crippen molar-refractivity contribution < 1.29 is 0 Å². The Morgan fingerprint density at radius 3 is 1.49 bits per heavy atom. The van der Waals surface area contributed by atoms with Crippen LogP contribution in [0.1, 0.15) is 22.3 Å². The van der Waals surface area contributed by atoms with Crippen LogP contribution in [0.15, 0.2) is 170 Å². The molecule has 0 atom stereocenters. The average Bonchev–Trinajstić information content (AvgIpc) is 3.60. The van der Waals surface area contributed by atoms with Gasteiger partial charge in [0, 0.05) is 0 Å². The topological polar surface area (TPSA) is 0 Å². The van der Waals surface area contributed by atoms with Crippen LogP contribution in [0.3, 0.4) is 0 Å². The summed E-state index contributed by atoms with van der Waals surface area (Å²) in [4.78, 5) is 0. The summed E-state index contributed by atoms with van der Waals surface area (Å²) in [5.74, 6) is 0. The quantitative estimate of drug-likeness (QED) is 0.182. The van der Waals surface area contributed by atoms with Gasteiger partial charge < -0.3 is 0 Å². The van der Waals surface area contributed by atoms with Crippen LogP contribution in [0.25, 0.3) is 66.1 Å². The molecule has 0 saturated heterocycles. The Hall–Kier alpha value is -5.72. The van der Waals surface area contributed by atoms with Gasteiger partial charge in [0.05, 0.1) is 5.41 Å². The fourth-order valence-corrected chi connectivity index (χ4v) is 8.48. The van der Waals surface area contributed by atoms with E-state index in [1.165, 1.54) is 88.3 Å². The van der Waals surface area contributed by atoms with Gasteiger partial charge in [-0.15, -0.1) is 0 Å². The molecule has 0 nitrogen and oxygen atoms in total. The van der Waals surface area contributed by atoms with Gasteiger partial charge in [0.15, 0.2) is 0 Å². The summed E-state index contributed by atoms with van der Waals surface area (Å²) in [6, 6.07) is 63.2. The first-order valence-corrected chi connectivity index (χ1v) is 15.8. The number of hydrogen-bond acceptors (Lipinski definition) is 0. The lowest BCUT2D eigenvalue weighted by molar-refractivity contribution is 0.802. The Kier molecular flexibility index (Phi) is 5.02. The molecule has 0 heteroatoms. The van der Waals surface area contributed by atoms with E-state index in [1.807, 2.05) is 0 Å². The van der Waals surface area contributed by atoms with Gasteiger partial charge >= 0.3 is 0 Å². The molecule has 0 unspecified atom stereocenters. The molecular formula is C45H28. The minimum atomic E-state index is -0.431. The van der Waals surface area contributed by atoms with Crippen LogP contribution < -0.4 is 0 Å². The van der Waals surface area contributed by atoms with Crippen LogP contribution in [-0.4, -0.2) is 0 Å². The standard InChI is InChI=1S/C45H28/c1-3-13-29(14-4-1)31-23-25-37-39(27-31)33-17-7-8-20-36(33)43-38-26-24-32(30-15-5-2-6-16-30)28-42(38)45(44(37)43)40-21-11-9-18-34(40)35-19-10-12-22-41(35)45/h1-28H. The van der Waals surface area contributed by atoms with E-state index < -0.39 is 5.41 Å². The minimum Gasteiger partial charge on any atom is -0.0622 e. The lowest BCUT2D eigenvalue weighted by atomic mass is 9.68. The van der Waals surface area contributed by atoms with Crippen LogP contribution >= 0.6 is 0 Å². The Morgan fingerprint density at radius 1 is 0.289 bits per heavy atom. The van der Waals surface area contributed by atoms with Crippen molar-refractivity contribution in [3.05, 3.63) is 192 Å². The smallest absolute Gasteiger partial charge is 0.0622 e. The van der Waals surface area contributed by atoms with Crippen molar-refractivity contribution in [1.82, 2.24) is 0 Å². The molecule has 8 aromatic rings. The van der Waals surface area contributed by atoms with Crippen molar-refractivity contribution in [2.45, 2.75) is 5.41 Å². The summed E-state index contributed by atoms with van der Waals surface area (Å²) in [7, 11) is 0. The van der Waals surface area contributed by atoms with Crippen molar-refractivity contribution in [1.29, 1.82) is 0 Å². The highest BCUT2D eigenvalue weighted by molar-refractivity contribution is 6.20. The molecule has 0 N–H and O–H groups in total. The van der Waals surface area contributed by atoms with Crippen molar-refractivity contribution in [3.63, 3.8) is 0 Å². The third kappa shape index (κ3) is 3.21. The molecule has 0 bridgehead atoms. The zero-order valence-electron chi connectivity index (χ0n) is 24.7. The first-order chi connectivity index (χ1) is 22.3. The summed E-state index contributed by atoms with van der Waals surface area (Å²) in [6.07, 6.45) is 0. The third-order valence-electron chi connectivity index (χ3n) is 10.3. The molecule has 0 amide bonds. The SMILES string of the molecule is c1ccc(-c2ccc3c(c2)C2(c4ccccc4-c4ccccc42)c2c-3c3ccccc3c3cc(-c4ccccc4)ccc23)cc1. The van der Waals surface area contributed by atoms with Gasteiger partial charge in [-0.25, -0.2) is 0 Å². The van der Waals surface area contributed by atoms with Crippen LogP contribution in [0.5, 0.6) is 0 Å². The molecular weight excluding hydrogens is 540 g/mol. The molecule has 0 radical (unpaired) electrons. The molecule has 2 aliphatic carbocycles. The normalized spacial score (nSPS) is 13.5. The molecule has 0 saturated carbocycles. The van der Waals surface area contributed by atoms with Gasteiger partial charge in [-0.2, -0.15) is 0 Å². The van der Waals surface area contributed by atoms with Crippen LogP contribution in [-0.2, 0) is 5.41 Å². The van der Waals surface area contributed by atoms with Gasteiger partial charge in [0.1, 0.15) is 0 Å². The maximum atomic E-state index is 2.49. The largest absolute Gasteiger partial charge is 0.0731 e. The highest BCUT2D eigenvalue weighted by atomic mass is 14.5. The van der Waals surface area contributed by atoms with E-state index >= 15 is 0 Å². The zero-order chi connectivity index (χ0) is 29.5. The van der Waals surface area contributed by atoms with Crippen LogP contribution in [0.4, 0.5) is 0 Å². The Balaban J connectivity index is 1.42. The van der Waals surface area contributed by atoms with E-state index in [0.717, 1.165) is 0 Å². The second kappa shape index (κ2) is 9.14. The fraction of sp³-hybridized carbons (Fsp3) is 0.0222. The number of rotatable bonds is 2. The summed E-state index contributed by atoms with van der Waals surface area (Å²) in [5, 5.41) is 5.26. The molecule has 1 spiro atoms. The second-order valence-electron chi connectivity index (χ2n) is 12.4. The first kappa shape index (κ1) is 24.7. The van der Waals surface area contributed by atoms with Gasteiger partial charge in [-0.05, 0) is 100 Å². The molecule has 0 fully saturated rings. The molecule has 0 aliphatic heterocycles. The predicted octanol–water partition coefficient (Wildman–Crippen LogP) is 11.7. The van der Waals surface area contributed by atoms with Gasteiger partial charge in [0.25, 0.3) is 0 Å². The van der Waals surface area contributed by atoms with E-state index in [4.69, 9.17) is 0 Å². The highest BCUT2D eigenvalue weighted by Crippen LogP contribution is 2.65. The van der Waals surface area contributed by atoms with Crippen molar-refractivity contribution in [2.75, 3.05) is 0 Å². The minimum absolute atomic E-state index is 0.431. The average molecular weight is 569 g/mol. The maximum absolute atomic E-state index is 2.49. The second-order valence-corrected chi connectivity index (χ2v) is 12.4. The molecule has 0 aromatic heterocycles. The number of hydrogen-bond donors (Lipinski definition) is 0. The molecule has 10 rings (SSSR count).